The van der Waals surface area contributed by atoms with Gasteiger partial charge in [0.25, 0.3) is 11.5 Å². The van der Waals surface area contributed by atoms with Crippen LogP contribution in [0.25, 0.3) is 11.0 Å². The van der Waals surface area contributed by atoms with E-state index >= 15 is 0 Å². The Labute approximate surface area is 175 Å². The topological polar surface area (TPSA) is 123 Å². The minimum atomic E-state index is -0.586. The van der Waals surface area contributed by atoms with Crippen LogP contribution < -0.4 is 22.3 Å². The summed E-state index contributed by atoms with van der Waals surface area (Å²) in [7, 11) is 0. The normalized spacial score (nSPS) is 13.9. The molecule has 3 rings (SSSR count). The minimum absolute atomic E-state index is 0. The number of rotatable bonds is 8. The van der Waals surface area contributed by atoms with E-state index in [0.717, 1.165) is 31.4 Å². The number of nitrogens with two attached hydrogens (primary N) is 1. The average molecular weight is 424 g/mol. The molecule has 2 heterocycles. The first-order chi connectivity index (χ1) is 13.3. The summed E-state index contributed by atoms with van der Waals surface area (Å²) >= 11 is 0. The lowest BCUT2D eigenvalue weighted by Crippen LogP contribution is -2.49. The summed E-state index contributed by atoms with van der Waals surface area (Å²) in [6.07, 6.45) is 4.16. The molecule has 8 nitrogen and oxygen atoms in total. The van der Waals surface area contributed by atoms with Gasteiger partial charge < -0.3 is 11.1 Å². The fraction of sp³-hybridized carbons (Fsp3) is 0.600. The van der Waals surface area contributed by atoms with Crippen molar-refractivity contribution in [1.29, 1.82) is 0 Å². The van der Waals surface area contributed by atoms with E-state index in [4.69, 9.17) is 5.73 Å². The highest BCUT2D eigenvalue weighted by atomic mass is 35.5. The summed E-state index contributed by atoms with van der Waals surface area (Å²) in [5.41, 5.74) is 6.03. The van der Waals surface area contributed by atoms with Gasteiger partial charge in [-0.1, -0.05) is 20.8 Å². The van der Waals surface area contributed by atoms with Crippen molar-refractivity contribution in [3.05, 3.63) is 38.2 Å². The van der Waals surface area contributed by atoms with Crippen molar-refractivity contribution in [2.75, 3.05) is 6.54 Å². The van der Waals surface area contributed by atoms with Crippen molar-refractivity contribution in [2.24, 2.45) is 5.73 Å². The first-order valence-corrected chi connectivity index (χ1v) is 10.1. The van der Waals surface area contributed by atoms with Gasteiger partial charge in [-0.25, -0.2) is 9.78 Å². The number of carbonyl (C=O) groups is 1. The number of carbonyl (C=O) groups excluding carboxylic acids is 1. The predicted molar refractivity (Wildman–Crippen MR) is 116 cm³/mol. The summed E-state index contributed by atoms with van der Waals surface area (Å²) in [6.45, 7) is 6.64. The van der Waals surface area contributed by atoms with Gasteiger partial charge >= 0.3 is 5.69 Å². The van der Waals surface area contributed by atoms with Gasteiger partial charge in [0.05, 0.1) is 10.9 Å². The van der Waals surface area contributed by atoms with Crippen LogP contribution in [0.5, 0.6) is 0 Å². The lowest BCUT2D eigenvalue weighted by atomic mass is 9.94. The lowest BCUT2D eigenvalue weighted by molar-refractivity contribution is 0.0943. The zero-order valence-corrected chi connectivity index (χ0v) is 18.0. The van der Waals surface area contributed by atoms with Gasteiger partial charge in [-0.15, -0.1) is 12.4 Å². The molecule has 0 saturated heterocycles. The number of aromatic amines is 1. The van der Waals surface area contributed by atoms with Crippen LogP contribution in [0.2, 0.25) is 0 Å². The van der Waals surface area contributed by atoms with Gasteiger partial charge in [-0.2, -0.15) is 0 Å². The Kier molecular flexibility index (Phi) is 7.24. The van der Waals surface area contributed by atoms with E-state index in [0.29, 0.717) is 19.5 Å². The van der Waals surface area contributed by atoms with Crippen LogP contribution in [0.4, 0.5) is 0 Å². The van der Waals surface area contributed by atoms with Crippen LogP contribution in [0, 0.1) is 0 Å². The molecule has 0 aliphatic heterocycles. The van der Waals surface area contributed by atoms with E-state index in [9.17, 15) is 14.4 Å². The van der Waals surface area contributed by atoms with Crippen molar-refractivity contribution >= 4 is 29.3 Å². The van der Waals surface area contributed by atoms with Crippen LogP contribution in [0.3, 0.4) is 0 Å². The molecule has 0 atom stereocenters. The van der Waals surface area contributed by atoms with Crippen molar-refractivity contribution in [3.63, 3.8) is 0 Å². The summed E-state index contributed by atoms with van der Waals surface area (Å²) in [5.74, 6) is -0.0847. The Morgan fingerprint density at radius 1 is 1.31 bits per heavy atom. The molecule has 1 aliphatic carbocycles. The Hall–Kier alpha value is -2.19. The number of hydrogen-bond acceptors (Lipinski definition) is 5. The second kappa shape index (κ2) is 9.09. The molecule has 4 N–H and O–H groups in total. The summed E-state index contributed by atoms with van der Waals surface area (Å²) < 4.78 is 1.45. The highest BCUT2D eigenvalue weighted by molar-refractivity contribution is 6.05. The van der Waals surface area contributed by atoms with E-state index in [-0.39, 0.29) is 40.8 Å². The van der Waals surface area contributed by atoms with E-state index in [1.165, 1.54) is 4.57 Å². The quantitative estimate of drug-likeness (QED) is 0.599. The molecule has 0 unspecified atom stereocenters. The van der Waals surface area contributed by atoms with Gasteiger partial charge in [0, 0.05) is 30.2 Å². The molecule has 0 radical (unpaired) electrons. The number of nitrogens with zero attached hydrogens (tertiary/aromatic N) is 2. The summed E-state index contributed by atoms with van der Waals surface area (Å²) in [5, 5.41) is 3.04. The van der Waals surface area contributed by atoms with Crippen molar-refractivity contribution < 1.29 is 4.79 Å². The van der Waals surface area contributed by atoms with E-state index in [1.54, 1.807) is 6.07 Å². The predicted octanol–water partition coefficient (Wildman–Crippen LogP) is 2.04. The largest absolute Gasteiger partial charge is 0.350 e. The maximum atomic E-state index is 13.0. The van der Waals surface area contributed by atoms with E-state index in [1.807, 2.05) is 20.8 Å². The Bertz CT molecular complexity index is 1010. The molecule has 1 amide bonds. The number of pyridine rings is 1. The molecule has 9 heteroatoms. The molecule has 1 saturated carbocycles. The maximum Gasteiger partial charge on any atom is 0.329 e. The Balaban J connectivity index is 0.00000300. The molecule has 160 valence electrons. The third kappa shape index (κ3) is 4.70. The third-order valence-corrected chi connectivity index (χ3v) is 5.67. The molecule has 2 aromatic rings. The Morgan fingerprint density at radius 2 is 1.97 bits per heavy atom. The molecule has 0 aromatic carbocycles. The molecular formula is C20H30ClN5O3. The number of nitrogens with one attached hydrogen (secondary N) is 2. The SMILES string of the molecule is CCCn1c(=O)[nH]c(=O)c2c(C(=O)NCC(N)(CC)CC)cc(C3CC3)nc21.Cl. The molecule has 1 fully saturated rings. The van der Waals surface area contributed by atoms with Gasteiger partial charge in [0.1, 0.15) is 0 Å². The second-order valence-corrected chi connectivity index (χ2v) is 7.73. The lowest BCUT2D eigenvalue weighted by Gasteiger charge is -2.27. The highest BCUT2D eigenvalue weighted by Crippen LogP contribution is 2.39. The molecular weight excluding hydrogens is 394 g/mol. The number of aromatic nitrogens is 3. The number of aryl methyl sites for hydroxylation is 1. The monoisotopic (exact) mass is 423 g/mol. The van der Waals surface area contributed by atoms with Gasteiger partial charge in [0.15, 0.2) is 5.65 Å². The smallest absolute Gasteiger partial charge is 0.329 e. The van der Waals surface area contributed by atoms with Crippen LogP contribution in [0.15, 0.2) is 15.7 Å². The number of H-pyrrole nitrogens is 1. The summed E-state index contributed by atoms with van der Waals surface area (Å²) in [6, 6.07) is 1.70. The van der Waals surface area contributed by atoms with Gasteiger partial charge in [-0.3, -0.25) is 19.1 Å². The first kappa shape index (κ1) is 23.1. The molecule has 0 bridgehead atoms. The maximum absolute atomic E-state index is 13.0. The molecule has 0 spiro atoms. The number of fused-ring (bicyclic) bond motifs is 1. The second-order valence-electron chi connectivity index (χ2n) is 7.73. The molecule has 2 aromatic heterocycles. The zero-order chi connectivity index (χ0) is 20.5. The van der Waals surface area contributed by atoms with Crippen LogP contribution in [-0.2, 0) is 6.54 Å². The zero-order valence-electron chi connectivity index (χ0n) is 17.2. The van der Waals surface area contributed by atoms with Gasteiger partial charge in [-0.05, 0) is 38.2 Å². The van der Waals surface area contributed by atoms with Crippen molar-refractivity contribution in [3.8, 4) is 0 Å². The number of halogens is 1. The van der Waals surface area contributed by atoms with Gasteiger partial charge in [0.2, 0.25) is 0 Å². The standard InChI is InChI=1S/C20H29N5O3.ClH/c1-4-9-25-16-15(18(27)24-19(25)28)13(10-14(23-16)12-7-8-12)17(26)22-11-20(21,5-2)6-3;/h10,12H,4-9,11,21H2,1-3H3,(H,22,26)(H,24,27,28);1H. The third-order valence-electron chi connectivity index (χ3n) is 5.67. The minimum Gasteiger partial charge on any atom is -0.350 e. The Morgan fingerprint density at radius 3 is 2.52 bits per heavy atom. The first-order valence-electron chi connectivity index (χ1n) is 10.1. The van der Waals surface area contributed by atoms with E-state index in [2.05, 4.69) is 15.3 Å². The van der Waals surface area contributed by atoms with Crippen LogP contribution in [0.1, 0.15) is 74.8 Å². The fourth-order valence-corrected chi connectivity index (χ4v) is 3.34. The van der Waals surface area contributed by atoms with Crippen molar-refractivity contribution in [2.45, 2.75) is 70.9 Å². The summed E-state index contributed by atoms with van der Waals surface area (Å²) in [4.78, 5) is 44.8. The van der Waals surface area contributed by atoms with E-state index < -0.39 is 16.8 Å². The number of hydrogen-bond donors (Lipinski definition) is 3. The molecule has 29 heavy (non-hydrogen) atoms. The fourth-order valence-electron chi connectivity index (χ4n) is 3.34. The van der Waals surface area contributed by atoms with Crippen molar-refractivity contribution in [1.82, 2.24) is 19.9 Å². The van der Waals surface area contributed by atoms with Crippen LogP contribution >= 0.6 is 12.4 Å². The van der Waals surface area contributed by atoms with Crippen LogP contribution in [-0.4, -0.2) is 32.5 Å². The number of amides is 1. The highest BCUT2D eigenvalue weighted by Gasteiger charge is 2.29. The molecule has 1 aliphatic rings. The average Bonchev–Trinajstić information content (AvgIpc) is 3.53.